The molecule has 84 valence electrons. The van der Waals surface area contributed by atoms with Crippen LogP contribution in [0.5, 0.6) is 0 Å². The molecule has 1 N–H and O–H groups in total. The van der Waals surface area contributed by atoms with Gasteiger partial charge in [-0.25, -0.2) is 0 Å². The van der Waals surface area contributed by atoms with Gasteiger partial charge in [-0.05, 0) is 5.92 Å². The Kier molecular flexibility index (Phi) is 2.91. The van der Waals surface area contributed by atoms with Crippen LogP contribution in [-0.2, 0) is 9.53 Å². The summed E-state index contributed by atoms with van der Waals surface area (Å²) in [5.74, 6) is 2.17. The smallest absolute Gasteiger partial charge is 0.292 e. The van der Waals surface area contributed by atoms with Crippen LogP contribution < -0.4 is 0 Å². The van der Waals surface area contributed by atoms with Gasteiger partial charge in [0.15, 0.2) is 0 Å². The summed E-state index contributed by atoms with van der Waals surface area (Å²) in [6, 6.07) is 0.157. The van der Waals surface area contributed by atoms with Gasteiger partial charge >= 0.3 is 0 Å². The number of amides is 1. The van der Waals surface area contributed by atoms with E-state index in [1.807, 2.05) is 13.8 Å². The molecule has 2 rings (SSSR count). The van der Waals surface area contributed by atoms with E-state index in [0.29, 0.717) is 12.3 Å². The molecule has 2 fully saturated rings. The lowest BCUT2D eigenvalue weighted by Crippen LogP contribution is -2.41. The Labute approximate surface area is 93.9 Å². The monoisotopic (exact) mass is 228 g/mol. The maximum absolute atomic E-state index is 11.9. The highest BCUT2D eigenvalue weighted by Crippen LogP contribution is 2.31. The SMILES string of the molecule is CC(C)CC(=O)N1C(=N)O[C@@H]2CSC[C@@H]21. The van der Waals surface area contributed by atoms with Crippen molar-refractivity contribution in [3.05, 3.63) is 0 Å². The molecule has 2 saturated heterocycles. The maximum atomic E-state index is 11.9. The summed E-state index contributed by atoms with van der Waals surface area (Å²) < 4.78 is 5.37. The fraction of sp³-hybridized carbons (Fsp3) is 0.800. The zero-order valence-corrected chi connectivity index (χ0v) is 9.84. The molecule has 2 aliphatic heterocycles. The minimum atomic E-state index is 0.0324. The van der Waals surface area contributed by atoms with E-state index >= 15 is 0 Å². The number of nitrogens with one attached hydrogen (secondary N) is 1. The van der Waals surface area contributed by atoms with Gasteiger partial charge in [-0.1, -0.05) is 13.8 Å². The molecular weight excluding hydrogens is 212 g/mol. The number of carbonyl (C=O) groups is 1. The standard InChI is InChI=1S/C10H16N2O2S/c1-6(2)3-9(13)12-7-4-15-5-8(7)14-10(12)11/h6-8,11H,3-5H2,1-2H3/t7-,8+/m0/s1. The largest absolute Gasteiger partial charge is 0.459 e. The van der Waals surface area contributed by atoms with Crippen LogP contribution in [0.25, 0.3) is 0 Å². The fourth-order valence-corrected chi connectivity index (χ4v) is 3.24. The van der Waals surface area contributed by atoms with Gasteiger partial charge in [0.05, 0.1) is 6.04 Å². The number of ether oxygens (including phenoxy) is 1. The van der Waals surface area contributed by atoms with E-state index in [1.165, 1.54) is 0 Å². The second kappa shape index (κ2) is 4.04. The van der Waals surface area contributed by atoms with Crippen molar-refractivity contribution in [2.24, 2.45) is 5.92 Å². The number of nitrogens with zero attached hydrogens (tertiary/aromatic N) is 1. The molecule has 0 aromatic rings. The molecule has 0 aromatic carbocycles. The Hall–Kier alpha value is -0.710. The first-order valence-corrected chi connectivity index (χ1v) is 6.40. The third-order valence-corrected chi connectivity index (χ3v) is 3.81. The molecule has 0 radical (unpaired) electrons. The summed E-state index contributed by atoms with van der Waals surface area (Å²) in [7, 11) is 0. The van der Waals surface area contributed by atoms with Crippen molar-refractivity contribution in [1.29, 1.82) is 5.41 Å². The summed E-state index contributed by atoms with van der Waals surface area (Å²) in [4.78, 5) is 13.5. The van der Waals surface area contributed by atoms with Crippen LogP contribution in [0, 0.1) is 11.3 Å². The van der Waals surface area contributed by atoms with E-state index in [0.717, 1.165) is 11.5 Å². The molecule has 1 amide bonds. The van der Waals surface area contributed by atoms with Crippen LogP contribution in [0.15, 0.2) is 0 Å². The van der Waals surface area contributed by atoms with Crippen molar-refractivity contribution < 1.29 is 9.53 Å². The van der Waals surface area contributed by atoms with E-state index in [4.69, 9.17) is 10.1 Å². The second-order valence-electron chi connectivity index (χ2n) is 4.43. The number of fused-ring (bicyclic) bond motifs is 1. The van der Waals surface area contributed by atoms with Gasteiger partial charge in [0, 0.05) is 17.9 Å². The van der Waals surface area contributed by atoms with Crippen molar-refractivity contribution in [2.45, 2.75) is 32.4 Å². The van der Waals surface area contributed by atoms with E-state index in [2.05, 4.69) is 0 Å². The molecule has 2 heterocycles. The third-order valence-electron chi connectivity index (χ3n) is 2.66. The Morgan fingerprint density at radius 1 is 1.67 bits per heavy atom. The van der Waals surface area contributed by atoms with Gasteiger partial charge in [0.1, 0.15) is 6.10 Å². The molecule has 2 atom stereocenters. The van der Waals surface area contributed by atoms with Crippen LogP contribution in [0.1, 0.15) is 20.3 Å². The zero-order valence-electron chi connectivity index (χ0n) is 9.03. The molecule has 0 spiro atoms. The number of rotatable bonds is 2. The summed E-state index contributed by atoms with van der Waals surface area (Å²) in [5.41, 5.74) is 0. The fourth-order valence-electron chi connectivity index (χ4n) is 1.97. The Morgan fingerprint density at radius 3 is 3.07 bits per heavy atom. The minimum Gasteiger partial charge on any atom is -0.459 e. The molecule has 5 heteroatoms. The average molecular weight is 228 g/mol. The van der Waals surface area contributed by atoms with Gasteiger partial charge in [-0.15, -0.1) is 0 Å². The van der Waals surface area contributed by atoms with Crippen LogP contribution in [0.4, 0.5) is 0 Å². The lowest BCUT2D eigenvalue weighted by molar-refractivity contribution is -0.129. The van der Waals surface area contributed by atoms with Crippen molar-refractivity contribution >= 4 is 23.7 Å². The zero-order chi connectivity index (χ0) is 11.0. The summed E-state index contributed by atoms with van der Waals surface area (Å²) in [6.45, 7) is 4.03. The van der Waals surface area contributed by atoms with Gasteiger partial charge in [-0.3, -0.25) is 15.1 Å². The summed E-state index contributed by atoms with van der Waals surface area (Å²) in [6.07, 6.45) is 0.554. The number of carbonyl (C=O) groups excluding carboxylic acids is 1. The lowest BCUT2D eigenvalue weighted by atomic mass is 10.1. The van der Waals surface area contributed by atoms with E-state index < -0.39 is 0 Å². The Morgan fingerprint density at radius 2 is 2.40 bits per heavy atom. The molecule has 2 aliphatic rings. The van der Waals surface area contributed by atoms with Gasteiger partial charge in [0.2, 0.25) is 5.91 Å². The Bertz CT molecular complexity index is 293. The van der Waals surface area contributed by atoms with Gasteiger partial charge in [0.25, 0.3) is 6.02 Å². The number of hydrogen-bond acceptors (Lipinski definition) is 4. The Balaban J connectivity index is 2.07. The van der Waals surface area contributed by atoms with Crippen LogP contribution in [-0.4, -0.2) is 40.5 Å². The molecular formula is C10H16N2O2S. The second-order valence-corrected chi connectivity index (χ2v) is 5.50. The van der Waals surface area contributed by atoms with Crippen LogP contribution in [0.2, 0.25) is 0 Å². The normalized spacial score (nSPS) is 29.5. The lowest BCUT2D eigenvalue weighted by Gasteiger charge is -2.20. The number of hydrogen-bond donors (Lipinski definition) is 1. The van der Waals surface area contributed by atoms with Gasteiger partial charge < -0.3 is 4.74 Å². The molecule has 0 saturated carbocycles. The predicted octanol–water partition coefficient (Wildman–Crippen LogP) is 1.31. The van der Waals surface area contributed by atoms with Crippen LogP contribution in [0.3, 0.4) is 0 Å². The molecule has 0 aliphatic carbocycles. The van der Waals surface area contributed by atoms with E-state index in [-0.39, 0.29) is 24.1 Å². The van der Waals surface area contributed by atoms with E-state index in [9.17, 15) is 4.79 Å². The van der Waals surface area contributed by atoms with Gasteiger partial charge in [-0.2, -0.15) is 11.8 Å². The highest BCUT2D eigenvalue weighted by molar-refractivity contribution is 7.99. The minimum absolute atomic E-state index is 0.0324. The molecule has 0 bridgehead atoms. The van der Waals surface area contributed by atoms with Crippen molar-refractivity contribution in [2.75, 3.05) is 11.5 Å². The number of thioether (sulfide) groups is 1. The summed E-state index contributed by atoms with van der Waals surface area (Å²) in [5, 5.41) is 7.65. The first-order chi connectivity index (χ1) is 7.09. The quantitative estimate of drug-likeness (QED) is 0.775. The first-order valence-electron chi connectivity index (χ1n) is 5.24. The van der Waals surface area contributed by atoms with Crippen LogP contribution >= 0.6 is 11.8 Å². The predicted molar refractivity (Wildman–Crippen MR) is 60.0 cm³/mol. The highest BCUT2D eigenvalue weighted by Gasteiger charge is 2.45. The van der Waals surface area contributed by atoms with E-state index in [1.54, 1.807) is 16.7 Å². The third kappa shape index (κ3) is 1.97. The van der Waals surface area contributed by atoms with Crippen molar-refractivity contribution in [3.8, 4) is 0 Å². The molecule has 0 aromatic heterocycles. The maximum Gasteiger partial charge on any atom is 0.292 e. The van der Waals surface area contributed by atoms with Crippen molar-refractivity contribution in [3.63, 3.8) is 0 Å². The average Bonchev–Trinajstić information content (AvgIpc) is 2.60. The van der Waals surface area contributed by atoms with Crippen molar-refractivity contribution in [1.82, 2.24) is 4.90 Å². The molecule has 15 heavy (non-hydrogen) atoms. The highest BCUT2D eigenvalue weighted by atomic mass is 32.2. The number of amidine groups is 1. The molecule has 0 unspecified atom stereocenters. The summed E-state index contributed by atoms with van der Waals surface area (Å²) >= 11 is 1.79. The first kappa shape index (κ1) is 10.8. The topological polar surface area (TPSA) is 53.4 Å². The molecule has 4 nitrogen and oxygen atoms in total.